The largest absolute Gasteiger partial charge is 0.351 e. The lowest BCUT2D eigenvalue weighted by Crippen LogP contribution is -2.39. The first-order valence-electron chi connectivity index (χ1n) is 6.64. The van der Waals surface area contributed by atoms with Gasteiger partial charge in [0.2, 0.25) is 11.0 Å². The van der Waals surface area contributed by atoms with Gasteiger partial charge in [-0.1, -0.05) is 6.92 Å². The van der Waals surface area contributed by atoms with Crippen LogP contribution in [0.3, 0.4) is 0 Å². The van der Waals surface area contributed by atoms with E-state index in [2.05, 4.69) is 21.6 Å². The fraction of sp³-hybridized carbons (Fsp3) is 0.750. The van der Waals surface area contributed by atoms with Crippen molar-refractivity contribution in [1.29, 1.82) is 0 Å². The normalized spacial score (nSPS) is 15.7. The van der Waals surface area contributed by atoms with Crippen molar-refractivity contribution in [2.24, 2.45) is 0 Å². The van der Waals surface area contributed by atoms with Crippen LogP contribution in [0, 0.1) is 0 Å². The Morgan fingerprint density at radius 3 is 2.89 bits per heavy atom. The number of likely N-dealkylation sites (tertiary alicyclic amines) is 1. The average Bonchev–Trinajstić information content (AvgIpc) is 2.85. The molecule has 18 heavy (non-hydrogen) atoms. The van der Waals surface area contributed by atoms with Gasteiger partial charge in [0, 0.05) is 31.0 Å². The lowest BCUT2D eigenvalue weighted by Gasteiger charge is -2.26. The van der Waals surface area contributed by atoms with Crippen LogP contribution < -0.4 is 5.32 Å². The summed E-state index contributed by atoms with van der Waals surface area (Å²) in [5.74, 6) is 1.04. The summed E-state index contributed by atoms with van der Waals surface area (Å²) in [7, 11) is 0. The second kappa shape index (κ2) is 6.68. The maximum Gasteiger partial charge on any atom is 0.241 e. The first-order chi connectivity index (χ1) is 8.79. The molecule has 0 radical (unpaired) electrons. The molecule has 5 nitrogen and oxygen atoms in total. The highest BCUT2D eigenvalue weighted by molar-refractivity contribution is 7.09. The van der Waals surface area contributed by atoms with E-state index in [1.54, 1.807) is 0 Å². The minimum absolute atomic E-state index is 0.168. The number of aromatic nitrogens is 2. The second-order valence-corrected chi connectivity index (χ2v) is 5.31. The number of anilines is 1. The second-order valence-electron chi connectivity index (χ2n) is 4.56. The van der Waals surface area contributed by atoms with Crippen molar-refractivity contribution in [3.8, 4) is 0 Å². The number of amides is 1. The summed E-state index contributed by atoms with van der Waals surface area (Å²) >= 11 is 1.34. The van der Waals surface area contributed by atoms with Crippen LogP contribution in [0.4, 0.5) is 5.13 Å². The number of piperidine rings is 1. The molecule has 1 aromatic heterocycles. The van der Waals surface area contributed by atoms with Gasteiger partial charge in [-0.2, -0.15) is 4.37 Å². The molecule has 2 heterocycles. The van der Waals surface area contributed by atoms with Crippen LogP contribution in [-0.4, -0.2) is 39.8 Å². The van der Waals surface area contributed by atoms with E-state index < -0.39 is 0 Å². The Balaban J connectivity index is 1.77. The summed E-state index contributed by atoms with van der Waals surface area (Å²) in [5.41, 5.74) is 0. The number of nitrogens with zero attached hydrogens (tertiary/aromatic N) is 3. The molecule has 1 fully saturated rings. The molecule has 1 N–H and O–H groups in total. The van der Waals surface area contributed by atoms with Crippen LogP contribution in [0.2, 0.25) is 0 Å². The van der Waals surface area contributed by atoms with Gasteiger partial charge in [-0.15, -0.1) is 0 Å². The third-order valence-electron chi connectivity index (χ3n) is 3.04. The van der Waals surface area contributed by atoms with Gasteiger partial charge in [-0.25, -0.2) is 4.98 Å². The number of carbonyl (C=O) groups excluding carboxylic acids is 1. The minimum atomic E-state index is 0.168. The molecule has 1 amide bonds. The molecule has 0 atom stereocenters. The molecular formula is C12H20N4OS. The summed E-state index contributed by atoms with van der Waals surface area (Å²) in [4.78, 5) is 18.2. The highest BCUT2D eigenvalue weighted by atomic mass is 32.1. The maximum absolute atomic E-state index is 11.9. The molecular weight excluding hydrogens is 248 g/mol. The van der Waals surface area contributed by atoms with Crippen molar-refractivity contribution in [1.82, 2.24) is 14.3 Å². The molecule has 0 aromatic carbocycles. The summed E-state index contributed by atoms with van der Waals surface area (Å²) < 4.78 is 4.24. The number of aryl methyl sites for hydroxylation is 1. The zero-order valence-electron chi connectivity index (χ0n) is 10.8. The van der Waals surface area contributed by atoms with Crippen molar-refractivity contribution < 1.29 is 4.79 Å². The molecule has 1 aliphatic rings. The SMILES string of the molecule is CCCc1nsc(NCC(=O)N2CCCCC2)n1. The van der Waals surface area contributed by atoms with Crippen LogP contribution in [-0.2, 0) is 11.2 Å². The molecule has 0 saturated carbocycles. The van der Waals surface area contributed by atoms with E-state index >= 15 is 0 Å². The van der Waals surface area contributed by atoms with E-state index in [4.69, 9.17) is 0 Å². The standard InChI is InChI=1S/C12H20N4OS/c1-2-6-10-14-12(18-15-10)13-9-11(17)16-7-4-3-5-8-16/h2-9H2,1H3,(H,13,14,15). The summed E-state index contributed by atoms with van der Waals surface area (Å²) in [6, 6.07) is 0. The maximum atomic E-state index is 11.9. The van der Waals surface area contributed by atoms with E-state index in [1.165, 1.54) is 18.0 Å². The molecule has 0 aliphatic carbocycles. The van der Waals surface area contributed by atoms with Crippen molar-refractivity contribution in [2.45, 2.75) is 39.0 Å². The first kappa shape index (κ1) is 13.3. The average molecular weight is 268 g/mol. The number of carbonyl (C=O) groups is 1. The first-order valence-corrected chi connectivity index (χ1v) is 7.41. The monoisotopic (exact) mass is 268 g/mol. The topological polar surface area (TPSA) is 58.1 Å². The van der Waals surface area contributed by atoms with Gasteiger partial charge in [0.1, 0.15) is 5.82 Å². The van der Waals surface area contributed by atoms with Crippen LogP contribution in [0.15, 0.2) is 0 Å². The number of hydrogen-bond acceptors (Lipinski definition) is 5. The van der Waals surface area contributed by atoms with Gasteiger partial charge in [-0.05, 0) is 25.7 Å². The van der Waals surface area contributed by atoms with E-state index in [-0.39, 0.29) is 5.91 Å². The Labute approximate surface area is 112 Å². The Hall–Kier alpha value is -1.17. The van der Waals surface area contributed by atoms with Gasteiger partial charge in [-0.3, -0.25) is 4.79 Å². The van der Waals surface area contributed by atoms with Crippen LogP contribution in [0.1, 0.15) is 38.4 Å². The molecule has 0 unspecified atom stereocenters. The quantitative estimate of drug-likeness (QED) is 0.886. The fourth-order valence-electron chi connectivity index (χ4n) is 2.06. The van der Waals surface area contributed by atoms with Crippen LogP contribution in [0.5, 0.6) is 0 Å². The third-order valence-corrected chi connectivity index (χ3v) is 3.75. The van der Waals surface area contributed by atoms with E-state index in [1.807, 2.05) is 4.90 Å². The molecule has 1 aromatic rings. The Kier molecular flexibility index (Phi) is 4.92. The summed E-state index contributed by atoms with van der Waals surface area (Å²) in [6.07, 6.45) is 5.45. The van der Waals surface area contributed by atoms with Gasteiger partial charge >= 0.3 is 0 Å². The molecule has 100 valence electrons. The molecule has 0 spiro atoms. The molecule has 6 heteroatoms. The Bertz CT molecular complexity index is 387. The lowest BCUT2D eigenvalue weighted by molar-refractivity contribution is -0.130. The highest BCUT2D eigenvalue weighted by Crippen LogP contribution is 2.13. The number of hydrogen-bond donors (Lipinski definition) is 1. The van der Waals surface area contributed by atoms with Crippen molar-refractivity contribution >= 4 is 22.6 Å². The zero-order valence-corrected chi connectivity index (χ0v) is 11.6. The number of rotatable bonds is 5. The van der Waals surface area contributed by atoms with E-state index in [0.717, 1.165) is 49.7 Å². The van der Waals surface area contributed by atoms with E-state index in [0.29, 0.717) is 6.54 Å². The lowest BCUT2D eigenvalue weighted by atomic mass is 10.1. The predicted molar refractivity (Wildman–Crippen MR) is 72.8 cm³/mol. The van der Waals surface area contributed by atoms with Crippen molar-refractivity contribution in [3.05, 3.63) is 5.82 Å². The molecule has 2 rings (SSSR count). The molecule has 1 saturated heterocycles. The van der Waals surface area contributed by atoms with Crippen molar-refractivity contribution in [2.75, 3.05) is 25.0 Å². The van der Waals surface area contributed by atoms with Crippen molar-refractivity contribution in [3.63, 3.8) is 0 Å². The fourth-order valence-corrected chi connectivity index (χ4v) is 2.66. The van der Waals surface area contributed by atoms with Gasteiger partial charge in [0.05, 0.1) is 6.54 Å². The summed E-state index contributed by atoms with van der Waals surface area (Å²) in [5, 5.41) is 3.83. The zero-order chi connectivity index (χ0) is 12.8. The van der Waals surface area contributed by atoms with Gasteiger partial charge in [0.25, 0.3) is 0 Å². The van der Waals surface area contributed by atoms with Crippen LogP contribution >= 0.6 is 11.5 Å². The van der Waals surface area contributed by atoms with Gasteiger partial charge < -0.3 is 10.2 Å². The highest BCUT2D eigenvalue weighted by Gasteiger charge is 2.16. The van der Waals surface area contributed by atoms with Gasteiger partial charge in [0.15, 0.2) is 0 Å². The smallest absolute Gasteiger partial charge is 0.241 e. The molecule has 0 bridgehead atoms. The summed E-state index contributed by atoms with van der Waals surface area (Å²) in [6.45, 7) is 4.24. The Morgan fingerprint density at radius 2 is 2.17 bits per heavy atom. The Morgan fingerprint density at radius 1 is 1.39 bits per heavy atom. The number of nitrogens with one attached hydrogen (secondary N) is 1. The predicted octanol–water partition coefficient (Wildman–Crippen LogP) is 1.92. The van der Waals surface area contributed by atoms with Crippen LogP contribution in [0.25, 0.3) is 0 Å². The molecule has 1 aliphatic heterocycles. The van der Waals surface area contributed by atoms with E-state index in [9.17, 15) is 4.79 Å². The third kappa shape index (κ3) is 3.66. The minimum Gasteiger partial charge on any atom is -0.351 e.